The number of piperazine rings is 2. The van der Waals surface area contributed by atoms with Gasteiger partial charge in [-0.1, -0.05) is 62.6 Å². The van der Waals surface area contributed by atoms with E-state index in [1.54, 1.807) is 18.2 Å². The minimum absolute atomic E-state index is 0.0119. The molecule has 76 heavy (non-hydrogen) atoms. The van der Waals surface area contributed by atoms with Crippen LogP contribution in [0.15, 0.2) is 71.5 Å². The first kappa shape index (κ1) is 58.1. The zero-order valence-corrected chi connectivity index (χ0v) is 45.7. The summed E-state index contributed by atoms with van der Waals surface area (Å²) in [5.41, 5.74) is 2.82. The molecule has 4 saturated heterocycles. The van der Waals surface area contributed by atoms with Crippen molar-refractivity contribution >= 4 is 52.3 Å². The minimum Gasteiger partial charge on any atom is -0.341 e. The minimum atomic E-state index is -0.548. The van der Waals surface area contributed by atoms with E-state index in [9.17, 15) is 33.2 Å². The lowest BCUT2D eigenvalue weighted by Gasteiger charge is -2.41. The number of hydrogen-bond donors (Lipinski definition) is 3. The second-order valence-corrected chi connectivity index (χ2v) is 21.5. The van der Waals surface area contributed by atoms with Crippen LogP contribution in [0.1, 0.15) is 108 Å². The predicted molar refractivity (Wildman–Crippen MR) is 296 cm³/mol. The third-order valence-electron chi connectivity index (χ3n) is 16.0. The first-order valence-corrected chi connectivity index (χ1v) is 28.2. The summed E-state index contributed by atoms with van der Waals surface area (Å²) >= 11 is 5.84. The van der Waals surface area contributed by atoms with E-state index in [0.29, 0.717) is 61.4 Å². The van der Waals surface area contributed by atoms with Crippen LogP contribution in [0, 0.1) is 17.7 Å². The van der Waals surface area contributed by atoms with Crippen LogP contribution in [0.2, 0.25) is 0 Å². The van der Waals surface area contributed by atoms with Gasteiger partial charge in [0.2, 0.25) is 17.7 Å². The Bertz CT molecular complexity index is 2610. The lowest BCUT2D eigenvalue weighted by atomic mass is 9.83. The van der Waals surface area contributed by atoms with Crippen molar-refractivity contribution in [3.63, 3.8) is 0 Å². The fourth-order valence-electron chi connectivity index (χ4n) is 11.2. The Morgan fingerprint density at radius 3 is 2.16 bits per heavy atom. The number of nitrogens with one attached hydrogen (secondary N) is 3. The lowest BCUT2D eigenvalue weighted by molar-refractivity contribution is -0.137. The van der Waals surface area contributed by atoms with Crippen molar-refractivity contribution in [3.8, 4) is 0 Å². The van der Waals surface area contributed by atoms with Crippen molar-refractivity contribution < 1.29 is 28.4 Å². The summed E-state index contributed by atoms with van der Waals surface area (Å²) in [4.78, 5) is 88.5. The topological polar surface area (TPSA) is 175 Å². The number of rotatable bonds is 14. The normalized spacial score (nSPS) is 19.7. The third-order valence-corrected chi connectivity index (χ3v) is 16.2. The SMILES string of the molecule is CCNC.CN1CCN(C(=O)CN2CCC(CN3CCN(C(=O)C(NC(=O)c4cccc(C5CCCN(C(=O)CCl)C5)c4)C4CCCCC4)CC3)CC2)CC1.O=Cc1cc(Cc2n[nH]c(=O)c3ccccc23)ccc1F. The van der Waals surface area contributed by atoms with Crippen molar-refractivity contribution in [2.45, 2.75) is 83.1 Å². The molecule has 1 aromatic heterocycles. The summed E-state index contributed by atoms with van der Waals surface area (Å²) in [6.45, 7) is 14.7. The molecule has 2 atom stereocenters. The molecule has 2 unspecified atom stereocenters. The molecule has 0 radical (unpaired) electrons. The number of piperidine rings is 2. The Morgan fingerprint density at radius 1 is 0.776 bits per heavy atom. The monoisotopic (exact) mass is 1070 g/mol. The van der Waals surface area contributed by atoms with Gasteiger partial charge in [-0.2, -0.15) is 5.10 Å². The summed E-state index contributed by atoms with van der Waals surface area (Å²) in [5.74, 6) is 0.462. The number of fused-ring (bicyclic) bond motifs is 1. The van der Waals surface area contributed by atoms with Crippen LogP contribution >= 0.6 is 11.6 Å². The second kappa shape index (κ2) is 29.2. The van der Waals surface area contributed by atoms with Crippen LogP contribution < -0.4 is 16.2 Å². The van der Waals surface area contributed by atoms with E-state index in [-0.39, 0.29) is 52.5 Å². The number of aromatic amines is 1. The summed E-state index contributed by atoms with van der Waals surface area (Å²) in [6.07, 6.45) is 10.3. The molecule has 4 aromatic rings. The Morgan fingerprint density at radius 2 is 1.47 bits per heavy atom. The second-order valence-electron chi connectivity index (χ2n) is 21.2. The highest BCUT2D eigenvalue weighted by Gasteiger charge is 2.36. The van der Waals surface area contributed by atoms with E-state index in [0.717, 1.165) is 140 Å². The number of alkyl halides is 1. The highest BCUT2D eigenvalue weighted by molar-refractivity contribution is 6.27. The van der Waals surface area contributed by atoms with Gasteiger partial charge >= 0.3 is 0 Å². The zero-order valence-electron chi connectivity index (χ0n) is 45.0. The number of amides is 4. The third kappa shape index (κ3) is 16.2. The number of halogens is 2. The van der Waals surface area contributed by atoms with Crippen LogP contribution in [0.5, 0.6) is 0 Å². The number of hydrogen-bond acceptors (Lipinski definition) is 11. The highest BCUT2D eigenvalue weighted by atomic mass is 35.5. The highest BCUT2D eigenvalue weighted by Crippen LogP contribution is 2.30. The van der Waals surface area contributed by atoms with Gasteiger partial charge in [0.05, 0.1) is 23.2 Å². The molecule has 18 heteroatoms. The van der Waals surface area contributed by atoms with Crippen molar-refractivity contribution in [3.05, 3.63) is 111 Å². The summed E-state index contributed by atoms with van der Waals surface area (Å²) in [6, 6.07) is 18.7. The Balaban J connectivity index is 0.000000277. The number of likely N-dealkylation sites (tertiary alicyclic amines) is 2. The molecular weight excluding hydrogens is 987 g/mol. The van der Waals surface area contributed by atoms with E-state index in [4.69, 9.17) is 11.6 Å². The van der Waals surface area contributed by atoms with Crippen LogP contribution in [-0.2, 0) is 20.8 Å². The lowest BCUT2D eigenvalue weighted by Crippen LogP contribution is -2.57. The average Bonchev–Trinajstić information content (AvgIpc) is 3.46. The number of carbonyl (C=O) groups is 5. The molecular formula is C58H80ClFN10O6. The van der Waals surface area contributed by atoms with Gasteiger partial charge in [0.15, 0.2) is 6.29 Å². The number of H-pyrrole nitrogens is 1. The van der Waals surface area contributed by atoms with Gasteiger partial charge in [0, 0.05) is 95.3 Å². The number of aldehydes is 1. The van der Waals surface area contributed by atoms with Crippen LogP contribution in [0.25, 0.3) is 10.8 Å². The van der Waals surface area contributed by atoms with E-state index in [1.807, 2.05) is 58.1 Å². The molecule has 412 valence electrons. The number of aromatic nitrogens is 2. The maximum atomic E-state index is 14.2. The molecule has 1 saturated carbocycles. The molecule has 5 aliphatic rings. The van der Waals surface area contributed by atoms with Crippen LogP contribution in [0.4, 0.5) is 4.39 Å². The van der Waals surface area contributed by atoms with Crippen molar-refractivity contribution in [2.75, 3.05) is 118 Å². The van der Waals surface area contributed by atoms with Gasteiger partial charge in [0.25, 0.3) is 11.5 Å². The van der Waals surface area contributed by atoms with Gasteiger partial charge in [-0.05, 0) is 126 Å². The standard InChI is InChI=1S/C39H60ClN7O4.C16H11FN2O2.C3H9N/c1-42-17-21-45(22-18-42)36(49)29-43-15-12-30(13-16-43)27-44-19-23-46(24-20-44)39(51)37(31-7-3-2-4-8-31)41-38(50)33-10-5-9-32(25-33)34-11-6-14-47(28-34)35(48)26-40;17-14-6-5-10(7-11(14)9-20)8-15-12-3-1-2-4-13(12)16(21)19-18-15;1-3-4-2/h5,9-10,25,30-31,34,37H,2-4,6-8,11-24,26-29H2,1H3,(H,41,50);1-7,9H,8H2,(H,19,21);4H,3H2,1-2H3. The molecule has 5 heterocycles. The molecule has 4 aliphatic heterocycles. The van der Waals surface area contributed by atoms with Gasteiger partial charge in [0.1, 0.15) is 17.7 Å². The number of benzene rings is 3. The molecule has 0 spiro atoms. The van der Waals surface area contributed by atoms with Gasteiger partial charge in [-0.25, -0.2) is 9.49 Å². The first-order chi connectivity index (χ1) is 36.9. The summed E-state index contributed by atoms with van der Waals surface area (Å²) in [7, 11) is 4.04. The van der Waals surface area contributed by atoms with Crippen LogP contribution in [-0.4, -0.2) is 194 Å². The van der Waals surface area contributed by atoms with E-state index < -0.39 is 11.9 Å². The van der Waals surface area contributed by atoms with Crippen molar-refractivity contribution in [1.82, 2.24) is 50.2 Å². The van der Waals surface area contributed by atoms with Gasteiger partial charge in [-0.3, -0.25) is 38.6 Å². The molecule has 0 bridgehead atoms. The molecule has 1 aliphatic carbocycles. The number of likely N-dealkylation sites (N-methyl/N-ethyl adjacent to an activating group) is 1. The van der Waals surface area contributed by atoms with Gasteiger partial charge < -0.3 is 30.2 Å². The predicted octanol–water partition coefficient (Wildman–Crippen LogP) is 5.63. The fraction of sp³-hybridized carbons (Fsp3) is 0.569. The first-order valence-electron chi connectivity index (χ1n) is 27.7. The Hall–Kier alpha value is -5.59. The number of carbonyl (C=O) groups excluding carboxylic acids is 5. The zero-order chi connectivity index (χ0) is 54.0. The molecule has 5 fully saturated rings. The quantitative estimate of drug-likeness (QED) is 0.106. The summed E-state index contributed by atoms with van der Waals surface area (Å²) < 4.78 is 13.3. The molecule has 4 amide bonds. The van der Waals surface area contributed by atoms with E-state index in [1.165, 1.54) is 18.6 Å². The smallest absolute Gasteiger partial charge is 0.272 e. The maximum Gasteiger partial charge on any atom is 0.272 e. The molecule has 3 N–H and O–H groups in total. The average molecular weight is 1070 g/mol. The molecule has 16 nitrogen and oxygen atoms in total. The number of nitrogens with zero attached hydrogens (tertiary/aromatic N) is 7. The van der Waals surface area contributed by atoms with Crippen molar-refractivity contribution in [2.24, 2.45) is 11.8 Å². The molecule has 3 aromatic carbocycles. The van der Waals surface area contributed by atoms with E-state index in [2.05, 4.69) is 49.5 Å². The fourth-order valence-corrected chi connectivity index (χ4v) is 11.4. The van der Waals surface area contributed by atoms with Gasteiger partial charge in [-0.15, -0.1) is 11.6 Å². The summed E-state index contributed by atoms with van der Waals surface area (Å²) in [5, 5.41) is 14.0. The van der Waals surface area contributed by atoms with E-state index >= 15 is 0 Å². The molecule has 9 rings (SSSR count). The Kier molecular flexibility index (Phi) is 22.3. The van der Waals surface area contributed by atoms with Crippen LogP contribution in [0.3, 0.4) is 0 Å². The Labute approximate surface area is 453 Å². The van der Waals surface area contributed by atoms with Crippen molar-refractivity contribution in [1.29, 1.82) is 0 Å². The largest absolute Gasteiger partial charge is 0.341 e. The maximum absolute atomic E-state index is 14.2.